The Labute approximate surface area is 157 Å². The van der Waals surface area contributed by atoms with Gasteiger partial charge < -0.3 is 9.82 Å². The first-order chi connectivity index (χ1) is 13.2. The Balaban J connectivity index is 1.98. The van der Waals surface area contributed by atoms with Crippen molar-refractivity contribution in [3.63, 3.8) is 0 Å². The van der Waals surface area contributed by atoms with E-state index < -0.39 is 13.0 Å². The molecule has 27 heavy (non-hydrogen) atoms. The number of hydrogen-bond donors (Lipinski definition) is 2. The Morgan fingerprint density at radius 1 is 0.815 bits per heavy atom. The molecule has 2 N–H and O–H groups in total. The highest BCUT2D eigenvalue weighted by molar-refractivity contribution is 7.89. The highest BCUT2D eigenvalue weighted by Crippen LogP contribution is 2.53. The third kappa shape index (κ3) is 2.23. The van der Waals surface area contributed by atoms with E-state index in [9.17, 15) is 4.79 Å². The summed E-state index contributed by atoms with van der Waals surface area (Å²) in [5.41, 5.74) is 0.915. The SMILES string of the molecule is N=C1Oc2ccccc2C2=P(c3ccccc3)(c3ccccc3)NC(=O)C12. The zero-order chi connectivity index (χ0) is 18.4. The van der Waals surface area contributed by atoms with Crippen molar-refractivity contribution in [2.24, 2.45) is 5.92 Å². The molecule has 0 aromatic heterocycles. The summed E-state index contributed by atoms with van der Waals surface area (Å²) in [6.45, 7) is 0. The van der Waals surface area contributed by atoms with Crippen molar-refractivity contribution in [1.82, 2.24) is 5.09 Å². The predicted molar refractivity (Wildman–Crippen MR) is 110 cm³/mol. The van der Waals surface area contributed by atoms with E-state index in [1.54, 1.807) is 0 Å². The van der Waals surface area contributed by atoms with E-state index in [4.69, 9.17) is 10.1 Å². The van der Waals surface area contributed by atoms with Gasteiger partial charge in [-0.2, -0.15) is 0 Å². The van der Waals surface area contributed by atoms with Crippen LogP contribution in [0.5, 0.6) is 5.75 Å². The molecule has 0 bridgehead atoms. The quantitative estimate of drug-likeness (QED) is 0.680. The molecule has 0 saturated heterocycles. The van der Waals surface area contributed by atoms with Crippen molar-refractivity contribution in [2.75, 3.05) is 0 Å². The van der Waals surface area contributed by atoms with Crippen LogP contribution in [0.2, 0.25) is 0 Å². The molecule has 4 nitrogen and oxygen atoms in total. The molecule has 0 spiro atoms. The van der Waals surface area contributed by atoms with E-state index in [1.807, 2.05) is 60.7 Å². The number of carbonyl (C=O) groups is 1. The summed E-state index contributed by atoms with van der Waals surface area (Å²) >= 11 is 0. The Hall–Kier alpha value is -3.10. The van der Waals surface area contributed by atoms with Crippen molar-refractivity contribution in [3.05, 3.63) is 90.5 Å². The third-order valence-electron chi connectivity index (χ3n) is 5.11. The fourth-order valence-corrected chi connectivity index (χ4v) is 8.09. The number of fused-ring (bicyclic) bond motifs is 3. The first-order valence-electron chi connectivity index (χ1n) is 8.77. The summed E-state index contributed by atoms with van der Waals surface area (Å²) in [4.78, 5) is 13.1. The molecule has 2 aliphatic rings. The average Bonchev–Trinajstić information content (AvgIpc) is 3.04. The van der Waals surface area contributed by atoms with Gasteiger partial charge in [0.15, 0.2) is 0 Å². The minimum atomic E-state index is -2.41. The molecule has 2 aliphatic heterocycles. The maximum Gasteiger partial charge on any atom is 0.240 e. The lowest BCUT2D eigenvalue weighted by atomic mass is 9.95. The molecular formula is C22H17N2O2P. The lowest BCUT2D eigenvalue weighted by molar-refractivity contribution is -0.119. The Morgan fingerprint density at radius 2 is 1.37 bits per heavy atom. The molecular weight excluding hydrogens is 355 g/mol. The second-order valence-electron chi connectivity index (χ2n) is 6.60. The normalized spacial score (nSPS) is 19.7. The fourth-order valence-electron chi connectivity index (χ4n) is 3.99. The number of ether oxygens (including phenoxy) is 1. The molecule has 1 atom stereocenters. The van der Waals surface area contributed by atoms with Crippen molar-refractivity contribution in [2.45, 2.75) is 0 Å². The molecule has 5 rings (SSSR count). The van der Waals surface area contributed by atoms with Crippen LogP contribution in [-0.4, -0.2) is 17.1 Å². The van der Waals surface area contributed by atoms with Gasteiger partial charge in [-0.25, -0.2) is 0 Å². The van der Waals surface area contributed by atoms with Gasteiger partial charge in [-0.05, 0) is 16.7 Å². The van der Waals surface area contributed by atoms with Crippen LogP contribution in [-0.2, 0) is 4.79 Å². The van der Waals surface area contributed by atoms with E-state index in [1.165, 1.54) is 0 Å². The zero-order valence-corrected chi connectivity index (χ0v) is 15.3. The lowest BCUT2D eigenvalue weighted by Gasteiger charge is -2.30. The molecule has 5 heteroatoms. The summed E-state index contributed by atoms with van der Waals surface area (Å²) in [6, 6.07) is 27.9. The summed E-state index contributed by atoms with van der Waals surface area (Å²) < 4.78 is 5.70. The van der Waals surface area contributed by atoms with Gasteiger partial charge in [0.2, 0.25) is 11.8 Å². The Kier molecular flexibility index (Phi) is 3.56. The zero-order valence-electron chi connectivity index (χ0n) is 14.4. The summed E-state index contributed by atoms with van der Waals surface area (Å²) in [5, 5.41) is 14.8. The van der Waals surface area contributed by atoms with Crippen molar-refractivity contribution in [1.29, 1.82) is 5.41 Å². The molecule has 1 amide bonds. The standard InChI is InChI=1S/C22H17N2O2P/c23-21-19-20(17-13-7-8-14-18(17)26-21)27(24-22(19)25,15-9-3-1-4-10-15)16-11-5-2-6-12-16/h1-14,19,23H,(H,24,25). The van der Waals surface area contributed by atoms with Gasteiger partial charge in [0.25, 0.3) is 0 Å². The maximum absolute atomic E-state index is 13.1. The molecule has 3 aromatic rings. The molecule has 2 heterocycles. The first-order valence-corrected chi connectivity index (χ1v) is 10.6. The molecule has 0 radical (unpaired) electrons. The van der Waals surface area contributed by atoms with Crippen LogP contribution in [0.4, 0.5) is 0 Å². The summed E-state index contributed by atoms with van der Waals surface area (Å²) in [5.74, 6) is -0.212. The number of para-hydroxylation sites is 1. The largest absolute Gasteiger partial charge is 0.442 e. The van der Waals surface area contributed by atoms with Crippen molar-refractivity contribution >= 4 is 34.7 Å². The van der Waals surface area contributed by atoms with Crippen molar-refractivity contribution < 1.29 is 9.53 Å². The summed E-state index contributed by atoms with van der Waals surface area (Å²) in [7, 11) is -2.41. The minimum Gasteiger partial charge on any atom is -0.442 e. The monoisotopic (exact) mass is 372 g/mol. The van der Waals surface area contributed by atoms with Gasteiger partial charge in [0.05, 0.1) is 0 Å². The van der Waals surface area contributed by atoms with E-state index in [0.29, 0.717) is 5.75 Å². The van der Waals surface area contributed by atoms with Gasteiger partial charge in [-0.15, -0.1) is 0 Å². The van der Waals surface area contributed by atoms with Crippen LogP contribution in [0.3, 0.4) is 0 Å². The van der Waals surface area contributed by atoms with Crippen LogP contribution >= 0.6 is 7.04 Å². The second kappa shape index (κ2) is 5.97. The predicted octanol–water partition coefficient (Wildman–Crippen LogP) is 2.91. The maximum atomic E-state index is 13.1. The van der Waals surface area contributed by atoms with Gasteiger partial charge in [0.1, 0.15) is 11.7 Å². The molecule has 132 valence electrons. The first kappa shape index (κ1) is 16.1. The number of hydrogen-bond acceptors (Lipinski definition) is 3. The molecule has 3 aromatic carbocycles. The van der Waals surface area contributed by atoms with Gasteiger partial charge >= 0.3 is 0 Å². The fraction of sp³-hybridized carbons (Fsp3) is 0.0455. The van der Waals surface area contributed by atoms with Gasteiger partial charge in [-0.1, -0.05) is 78.9 Å². The Bertz CT molecular complexity index is 1080. The molecule has 0 aliphatic carbocycles. The highest BCUT2D eigenvalue weighted by Gasteiger charge is 2.49. The molecule has 1 unspecified atom stereocenters. The third-order valence-corrected chi connectivity index (χ3v) is 9.03. The highest BCUT2D eigenvalue weighted by atomic mass is 31.2. The number of amides is 1. The van der Waals surface area contributed by atoms with Crippen LogP contribution in [0, 0.1) is 11.3 Å². The number of rotatable bonds is 2. The lowest BCUT2D eigenvalue weighted by Crippen LogP contribution is -2.37. The van der Waals surface area contributed by atoms with Crippen LogP contribution in [0.1, 0.15) is 5.56 Å². The summed E-state index contributed by atoms with van der Waals surface area (Å²) in [6.07, 6.45) is 0. The smallest absolute Gasteiger partial charge is 0.240 e. The van der Waals surface area contributed by atoms with Crippen LogP contribution < -0.4 is 20.4 Å². The number of benzene rings is 3. The topological polar surface area (TPSA) is 62.2 Å². The van der Waals surface area contributed by atoms with E-state index in [-0.39, 0.29) is 11.8 Å². The second-order valence-corrected chi connectivity index (χ2v) is 9.68. The Morgan fingerprint density at radius 3 is 2.00 bits per heavy atom. The number of carbonyl (C=O) groups excluding carboxylic acids is 1. The van der Waals surface area contributed by atoms with E-state index in [2.05, 4.69) is 29.4 Å². The average molecular weight is 372 g/mol. The number of nitrogens with one attached hydrogen (secondary N) is 2. The van der Waals surface area contributed by atoms with E-state index >= 15 is 0 Å². The molecule has 0 fully saturated rings. The van der Waals surface area contributed by atoms with E-state index in [0.717, 1.165) is 21.5 Å². The van der Waals surface area contributed by atoms with Gasteiger partial charge in [0, 0.05) is 17.9 Å². The van der Waals surface area contributed by atoms with Crippen LogP contribution in [0.15, 0.2) is 84.9 Å². The van der Waals surface area contributed by atoms with Crippen LogP contribution in [0.25, 0.3) is 0 Å². The molecule has 0 saturated carbocycles. The minimum absolute atomic E-state index is 0.00469. The van der Waals surface area contributed by atoms with Crippen molar-refractivity contribution in [3.8, 4) is 5.75 Å². The van der Waals surface area contributed by atoms with Gasteiger partial charge in [-0.3, -0.25) is 10.2 Å².